The SMILES string of the molecule is CCCCc1cc(C(=O)OCc2ccccc2)cc(=O)n1Cc1ccc(-c2cccc(-c3nnn[nH]3)c2C(c2ccccc2)(c2ccccc2)c2ccccc2)nc1. The number of hydrogen-bond donors (Lipinski definition) is 1. The molecule has 0 aliphatic carbocycles. The Morgan fingerprint density at radius 2 is 1.33 bits per heavy atom. The highest BCUT2D eigenvalue weighted by Crippen LogP contribution is 2.51. The lowest BCUT2D eigenvalue weighted by Crippen LogP contribution is -2.32. The molecule has 0 radical (unpaired) electrons. The molecule has 0 saturated heterocycles. The highest BCUT2D eigenvalue weighted by molar-refractivity contribution is 5.89. The fourth-order valence-corrected chi connectivity index (χ4v) is 7.82. The third-order valence-corrected chi connectivity index (χ3v) is 10.6. The zero-order chi connectivity index (χ0) is 39.7. The minimum Gasteiger partial charge on any atom is -0.457 e. The summed E-state index contributed by atoms with van der Waals surface area (Å²) in [6.07, 6.45) is 4.28. The van der Waals surface area contributed by atoms with Crippen LogP contribution in [0.3, 0.4) is 0 Å². The van der Waals surface area contributed by atoms with E-state index in [4.69, 9.17) is 9.72 Å². The van der Waals surface area contributed by atoms with E-state index in [9.17, 15) is 9.59 Å². The molecule has 3 heterocycles. The average molecular weight is 763 g/mol. The molecule has 9 nitrogen and oxygen atoms in total. The lowest BCUT2D eigenvalue weighted by atomic mass is 9.62. The van der Waals surface area contributed by atoms with Crippen LogP contribution < -0.4 is 5.56 Å². The van der Waals surface area contributed by atoms with E-state index in [0.717, 1.165) is 68.7 Å². The molecule has 0 aliphatic rings. The van der Waals surface area contributed by atoms with Gasteiger partial charge in [0, 0.05) is 29.1 Å². The number of carbonyl (C=O) groups is 1. The number of aromatic nitrogens is 6. The van der Waals surface area contributed by atoms with Gasteiger partial charge in [-0.3, -0.25) is 9.78 Å². The number of unbranched alkanes of at least 4 members (excludes halogenated alkanes) is 1. The van der Waals surface area contributed by atoms with Crippen LogP contribution >= 0.6 is 0 Å². The number of aryl methyl sites for hydroxylation is 1. The summed E-state index contributed by atoms with van der Waals surface area (Å²) in [7, 11) is 0. The van der Waals surface area contributed by atoms with Crippen LogP contribution in [-0.4, -0.2) is 36.1 Å². The molecule has 0 fully saturated rings. The van der Waals surface area contributed by atoms with Gasteiger partial charge in [-0.15, -0.1) is 5.10 Å². The van der Waals surface area contributed by atoms with Gasteiger partial charge in [0.1, 0.15) is 6.61 Å². The quantitative estimate of drug-likeness (QED) is 0.0868. The summed E-state index contributed by atoms with van der Waals surface area (Å²) in [4.78, 5) is 31.9. The number of ether oxygens (including phenoxy) is 1. The Balaban J connectivity index is 1.22. The first-order valence-electron chi connectivity index (χ1n) is 19.5. The monoisotopic (exact) mass is 762 g/mol. The molecule has 5 aromatic carbocycles. The number of carbonyl (C=O) groups excluding carboxylic acids is 1. The number of hydrogen-bond acceptors (Lipinski definition) is 7. The van der Waals surface area contributed by atoms with Crippen LogP contribution in [0.2, 0.25) is 0 Å². The van der Waals surface area contributed by atoms with Crippen LogP contribution in [0.15, 0.2) is 175 Å². The number of benzene rings is 5. The van der Waals surface area contributed by atoms with Gasteiger partial charge in [0.15, 0.2) is 5.82 Å². The number of tetrazole rings is 1. The average Bonchev–Trinajstić information content (AvgIpc) is 3.83. The molecule has 8 aromatic rings. The van der Waals surface area contributed by atoms with Crippen LogP contribution in [0, 0.1) is 0 Å². The van der Waals surface area contributed by atoms with Crippen LogP contribution in [0.5, 0.6) is 0 Å². The Hall–Kier alpha value is -7.26. The van der Waals surface area contributed by atoms with E-state index < -0.39 is 11.4 Å². The molecule has 0 saturated carbocycles. The molecule has 58 heavy (non-hydrogen) atoms. The summed E-state index contributed by atoms with van der Waals surface area (Å²) in [5.41, 5.74) is 8.31. The molecule has 8 rings (SSSR count). The Labute approximate surface area is 337 Å². The van der Waals surface area contributed by atoms with Crippen molar-refractivity contribution in [3.05, 3.63) is 225 Å². The van der Waals surface area contributed by atoms with Crippen LogP contribution in [0.25, 0.3) is 22.6 Å². The Kier molecular flexibility index (Phi) is 11.2. The largest absolute Gasteiger partial charge is 0.457 e. The molecule has 0 amide bonds. The molecular weight excluding hydrogens is 721 g/mol. The van der Waals surface area contributed by atoms with Gasteiger partial charge in [-0.25, -0.2) is 9.89 Å². The molecule has 0 unspecified atom stereocenters. The smallest absolute Gasteiger partial charge is 0.338 e. The highest BCUT2D eigenvalue weighted by atomic mass is 16.5. The lowest BCUT2D eigenvalue weighted by molar-refractivity contribution is 0.0472. The van der Waals surface area contributed by atoms with E-state index in [1.165, 1.54) is 6.07 Å². The summed E-state index contributed by atoms with van der Waals surface area (Å²) < 4.78 is 7.31. The van der Waals surface area contributed by atoms with E-state index in [1.807, 2.05) is 79.0 Å². The molecule has 0 atom stereocenters. The maximum atomic E-state index is 13.7. The molecule has 0 spiro atoms. The Bertz CT molecular complexity index is 2550. The molecule has 286 valence electrons. The van der Waals surface area contributed by atoms with Gasteiger partial charge in [-0.1, -0.05) is 159 Å². The van der Waals surface area contributed by atoms with Crippen molar-refractivity contribution in [3.63, 3.8) is 0 Å². The summed E-state index contributed by atoms with van der Waals surface area (Å²) in [6.45, 7) is 2.53. The van der Waals surface area contributed by atoms with Gasteiger partial charge >= 0.3 is 5.97 Å². The van der Waals surface area contributed by atoms with Crippen molar-refractivity contribution in [3.8, 4) is 22.6 Å². The second-order valence-corrected chi connectivity index (χ2v) is 14.2. The molecule has 0 aliphatic heterocycles. The summed E-state index contributed by atoms with van der Waals surface area (Å²) >= 11 is 0. The molecule has 0 bridgehead atoms. The standard InChI is InChI=1S/C49H42N6O3/c1-2-3-25-41-30-37(48(57)58-34-35-17-8-4-9-18-35)31-45(56)55(41)33-36-28-29-44(50-32-36)42-26-16-27-43(47-51-53-54-52-47)46(42)49(38-19-10-5-11-20-38,39-21-12-6-13-22-39)40-23-14-7-15-24-40/h4-24,26-32H,2-3,25,33-34H2,1H3,(H,51,52,53,54). The first-order valence-corrected chi connectivity index (χ1v) is 19.5. The molecule has 9 heteroatoms. The van der Waals surface area contributed by atoms with Gasteiger partial charge in [-0.2, -0.15) is 0 Å². The van der Waals surface area contributed by atoms with E-state index in [-0.39, 0.29) is 17.7 Å². The minimum absolute atomic E-state index is 0.133. The van der Waals surface area contributed by atoms with Gasteiger partial charge in [0.2, 0.25) is 0 Å². The number of nitrogens with one attached hydrogen (secondary N) is 1. The van der Waals surface area contributed by atoms with E-state index in [0.29, 0.717) is 18.8 Å². The third-order valence-electron chi connectivity index (χ3n) is 10.6. The summed E-state index contributed by atoms with van der Waals surface area (Å²) in [5, 5.41) is 15.4. The third kappa shape index (κ3) is 7.62. The van der Waals surface area contributed by atoms with Crippen molar-refractivity contribution in [2.45, 2.75) is 44.8 Å². The van der Waals surface area contributed by atoms with Crippen molar-refractivity contribution >= 4 is 5.97 Å². The fraction of sp³-hybridized carbons (Fsp3) is 0.143. The van der Waals surface area contributed by atoms with Crippen LogP contribution in [0.4, 0.5) is 0 Å². The normalized spacial score (nSPS) is 11.3. The van der Waals surface area contributed by atoms with Gasteiger partial charge in [-0.05, 0) is 68.8 Å². The zero-order valence-corrected chi connectivity index (χ0v) is 32.2. The Morgan fingerprint density at radius 3 is 1.90 bits per heavy atom. The van der Waals surface area contributed by atoms with Crippen molar-refractivity contribution in [1.82, 2.24) is 30.2 Å². The van der Waals surface area contributed by atoms with Crippen molar-refractivity contribution in [2.24, 2.45) is 0 Å². The maximum Gasteiger partial charge on any atom is 0.338 e. The van der Waals surface area contributed by atoms with E-state index in [2.05, 4.69) is 106 Å². The van der Waals surface area contributed by atoms with Gasteiger partial charge < -0.3 is 9.30 Å². The number of nitrogens with zero attached hydrogens (tertiary/aromatic N) is 5. The zero-order valence-electron chi connectivity index (χ0n) is 32.2. The molecule has 1 N–H and O–H groups in total. The number of aromatic amines is 1. The van der Waals surface area contributed by atoms with Crippen LogP contribution in [-0.2, 0) is 29.7 Å². The predicted molar refractivity (Wildman–Crippen MR) is 225 cm³/mol. The topological polar surface area (TPSA) is 116 Å². The first-order chi connectivity index (χ1) is 28.6. The molecular formula is C49H42N6O3. The molecule has 3 aromatic heterocycles. The van der Waals surface area contributed by atoms with Gasteiger partial charge in [0.05, 0.1) is 23.2 Å². The second-order valence-electron chi connectivity index (χ2n) is 14.2. The first kappa shape index (κ1) is 37.7. The van der Waals surface area contributed by atoms with Crippen molar-refractivity contribution in [2.75, 3.05) is 0 Å². The van der Waals surface area contributed by atoms with Crippen molar-refractivity contribution < 1.29 is 9.53 Å². The fourth-order valence-electron chi connectivity index (χ4n) is 7.82. The maximum absolute atomic E-state index is 13.7. The second kappa shape index (κ2) is 17.3. The lowest BCUT2D eigenvalue weighted by Gasteiger charge is -2.39. The summed E-state index contributed by atoms with van der Waals surface area (Å²) in [5.74, 6) is 0.0145. The van der Waals surface area contributed by atoms with Crippen LogP contribution in [0.1, 0.15) is 69.2 Å². The summed E-state index contributed by atoms with van der Waals surface area (Å²) in [6, 6.07) is 54.3. The number of H-pyrrole nitrogens is 1. The Morgan fingerprint density at radius 1 is 0.707 bits per heavy atom. The van der Waals surface area contributed by atoms with E-state index in [1.54, 1.807) is 10.6 Å². The van der Waals surface area contributed by atoms with Gasteiger partial charge in [0.25, 0.3) is 5.56 Å². The van der Waals surface area contributed by atoms with Crippen molar-refractivity contribution in [1.29, 1.82) is 0 Å². The number of pyridine rings is 2. The highest BCUT2D eigenvalue weighted by Gasteiger charge is 2.42. The number of esters is 1. The number of rotatable bonds is 14. The minimum atomic E-state index is -0.825. The predicted octanol–water partition coefficient (Wildman–Crippen LogP) is 9.22. The van der Waals surface area contributed by atoms with E-state index >= 15 is 0 Å².